The molecule has 5 heteroatoms. The number of hydrogen-bond donors (Lipinski definition) is 1. The molecule has 0 aliphatic carbocycles. The Hall–Kier alpha value is -3.11. The van der Waals surface area contributed by atoms with Crippen LogP contribution in [0.15, 0.2) is 71.2 Å². The van der Waals surface area contributed by atoms with Gasteiger partial charge in [0.05, 0.1) is 5.02 Å². The van der Waals surface area contributed by atoms with E-state index in [1.165, 1.54) is 13.0 Å². The topological polar surface area (TPSA) is 59.3 Å². The Labute approximate surface area is 156 Å². The lowest BCUT2D eigenvalue weighted by Gasteiger charge is -2.03. The van der Waals surface area contributed by atoms with Crippen LogP contribution in [0, 0.1) is 0 Å². The molecule has 4 nitrogen and oxygen atoms in total. The van der Waals surface area contributed by atoms with Gasteiger partial charge in [0.15, 0.2) is 5.78 Å². The van der Waals surface area contributed by atoms with Gasteiger partial charge in [0.25, 0.3) is 0 Å². The van der Waals surface area contributed by atoms with Crippen LogP contribution in [0.1, 0.15) is 23.0 Å². The molecule has 1 amide bonds. The monoisotopic (exact) mass is 365 g/mol. The van der Waals surface area contributed by atoms with E-state index in [1.54, 1.807) is 42.5 Å². The highest BCUT2D eigenvalue weighted by molar-refractivity contribution is 6.33. The second-order valence-electron chi connectivity index (χ2n) is 5.64. The number of carbonyl (C=O) groups is 2. The van der Waals surface area contributed by atoms with Crippen LogP contribution in [0.5, 0.6) is 0 Å². The minimum absolute atomic E-state index is 0.187. The molecule has 0 spiro atoms. The summed E-state index contributed by atoms with van der Waals surface area (Å²) >= 11 is 6.16. The van der Waals surface area contributed by atoms with Gasteiger partial charge < -0.3 is 9.73 Å². The van der Waals surface area contributed by atoms with Crippen LogP contribution in [-0.2, 0) is 4.79 Å². The van der Waals surface area contributed by atoms with Crippen LogP contribution >= 0.6 is 11.6 Å². The number of allylic oxidation sites excluding steroid dienone is 1. The molecule has 0 unspecified atom stereocenters. The summed E-state index contributed by atoms with van der Waals surface area (Å²) in [4.78, 5) is 23.4. The van der Waals surface area contributed by atoms with Crippen LogP contribution < -0.4 is 5.32 Å². The van der Waals surface area contributed by atoms with Gasteiger partial charge in [-0.1, -0.05) is 35.9 Å². The molecule has 130 valence electrons. The lowest BCUT2D eigenvalue weighted by atomic mass is 10.1. The summed E-state index contributed by atoms with van der Waals surface area (Å²) in [6.07, 6.45) is 3.04. The highest BCUT2D eigenvalue weighted by Gasteiger charge is 2.08. The van der Waals surface area contributed by atoms with Crippen molar-refractivity contribution in [3.63, 3.8) is 0 Å². The first-order valence-corrected chi connectivity index (χ1v) is 8.35. The van der Waals surface area contributed by atoms with Crippen LogP contribution in [0.4, 0.5) is 5.69 Å². The molecule has 0 aliphatic rings. The van der Waals surface area contributed by atoms with Crippen molar-refractivity contribution in [2.75, 3.05) is 5.32 Å². The smallest absolute Gasteiger partial charge is 0.221 e. The first-order valence-electron chi connectivity index (χ1n) is 7.98. The van der Waals surface area contributed by atoms with Crippen molar-refractivity contribution in [3.05, 3.63) is 83.1 Å². The lowest BCUT2D eigenvalue weighted by molar-refractivity contribution is -0.114. The second kappa shape index (κ2) is 7.85. The molecular formula is C21H16ClNO3. The number of anilines is 1. The van der Waals surface area contributed by atoms with Gasteiger partial charge in [-0.2, -0.15) is 0 Å². The molecule has 0 atom stereocenters. The molecule has 2 aromatic carbocycles. The highest BCUT2D eigenvalue weighted by atomic mass is 35.5. The van der Waals surface area contributed by atoms with Crippen molar-refractivity contribution in [3.8, 4) is 11.3 Å². The minimum Gasteiger partial charge on any atom is -0.457 e. The summed E-state index contributed by atoms with van der Waals surface area (Å²) in [7, 11) is 0. The summed E-state index contributed by atoms with van der Waals surface area (Å²) in [5.74, 6) is 0.808. The van der Waals surface area contributed by atoms with E-state index in [4.69, 9.17) is 16.0 Å². The van der Waals surface area contributed by atoms with Crippen molar-refractivity contribution in [2.24, 2.45) is 0 Å². The van der Waals surface area contributed by atoms with E-state index >= 15 is 0 Å². The van der Waals surface area contributed by atoms with Crippen molar-refractivity contribution in [1.82, 2.24) is 0 Å². The average molecular weight is 366 g/mol. The largest absolute Gasteiger partial charge is 0.457 e. The Morgan fingerprint density at radius 2 is 1.85 bits per heavy atom. The maximum absolute atomic E-state index is 12.3. The Kier molecular flexibility index (Phi) is 5.34. The Balaban J connectivity index is 1.75. The van der Waals surface area contributed by atoms with E-state index in [0.29, 0.717) is 27.8 Å². The number of furan rings is 1. The van der Waals surface area contributed by atoms with Crippen molar-refractivity contribution in [1.29, 1.82) is 0 Å². The second-order valence-corrected chi connectivity index (χ2v) is 6.05. The summed E-state index contributed by atoms with van der Waals surface area (Å²) in [6.45, 7) is 1.42. The molecular weight excluding hydrogens is 350 g/mol. The van der Waals surface area contributed by atoms with Gasteiger partial charge in [-0.3, -0.25) is 9.59 Å². The molecule has 1 heterocycles. The maximum atomic E-state index is 12.3. The zero-order chi connectivity index (χ0) is 18.5. The normalized spacial score (nSPS) is 10.8. The predicted molar refractivity (Wildman–Crippen MR) is 103 cm³/mol. The number of ketones is 1. The molecule has 26 heavy (non-hydrogen) atoms. The average Bonchev–Trinajstić information content (AvgIpc) is 3.08. The van der Waals surface area contributed by atoms with Gasteiger partial charge in [0, 0.05) is 23.7 Å². The van der Waals surface area contributed by atoms with Crippen molar-refractivity contribution >= 4 is 35.1 Å². The van der Waals surface area contributed by atoms with Crippen LogP contribution in [0.3, 0.4) is 0 Å². The Morgan fingerprint density at radius 1 is 1.04 bits per heavy atom. The molecule has 0 saturated carbocycles. The van der Waals surface area contributed by atoms with Gasteiger partial charge in [0.1, 0.15) is 11.5 Å². The fourth-order valence-corrected chi connectivity index (χ4v) is 2.68. The SMILES string of the molecule is CC(=O)Nc1cccc(C(=O)C=Cc2ccc(-c3ccccc3Cl)o2)c1. The summed E-state index contributed by atoms with van der Waals surface area (Å²) in [5.41, 5.74) is 1.85. The highest BCUT2D eigenvalue weighted by Crippen LogP contribution is 2.29. The molecule has 0 saturated heterocycles. The number of benzene rings is 2. The van der Waals surface area contributed by atoms with E-state index in [1.807, 2.05) is 24.3 Å². The third-order valence-corrected chi connectivity index (χ3v) is 3.96. The summed E-state index contributed by atoms with van der Waals surface area (Å²) in [6, 6.07) is 17.7. The molecule has 1 aromatic heterocycles. The summed E-state index contributed by atoms with van der Waals surface area (Å²) < 4.78 is 5.73. The third kappa shape index (κ3) is 4.29. The third-order valence-electron chi connectivity index (χ3n) is 3.63. The van der Waals surface area contributed by atoms with Gasteiger partial charge in [-0.25, -0.2) is 0 Å². The molecule has 0 aliphatic heterocycles. The van der Waals surface area contributed by atoms with E-state index < -0.39 is 0 Å². The van der Waals surface area contributed by atoms with Gasteiger partial charge in [-0.05, 0) is 48.6 Å². The number of halogens is 1. The van der Waals surface area contributed by atoms with Crippen molar-refractivity contribution in [2.45, 2.75) is 6.92 Å². The molecule has 0 radical (unpaired) electrons. The maximum Gasteiger partial charge on any atom is 0.221 e. The van der Waals surface area contributed by atoms with Crippen LogP contribution in [0.25, 0.3) is 17.4 Å². The fraction of sp³-hybridized carbons (Fsp3) is 0.0476. The Morgan fingerprint density at radius 3 is 2.62 bits per heavy atom. The predicted octanol–water partition coefficient (Wildman–Crippen LogP) is 5.45. The van der Waals surface area contributed by atoms with E-state index in [-0.39, 0.29) is 11.7 Å². The standard InChI is InChI=1S/C21H16ClNO3/c1-14(24)23-16-6-4-5-15(13-16)20(25)11-9-17-10-12-21(26-17)18-7-2-3-8-19(18)22/h2-13H,1H3,(H,23,24). The number of rotatable bonds is 5. The zero-order valence-corrected chi connectivity index (χ0v) is 14.8. The van der Waals surface area contributed by atoms with Crippen LogP contribution in [0.2, 0.25) is 5.02 Å². The Bertz CT molecular complexity index is 988. The van der Waals surface area contributed by atoms with Gasteiger partial charge >= 0.3 is 0 Å². The lowest BCUT2D eigenvalue weighted by Crippen LogP contribution is -2.06. The minimum atomic E-state index is -0.187. The molecule has 3 rings (SSSR count). The quantitative estimate of drug-likeness (QED) is 0.482. The summed E-state index contributed by atoms with van der Waals surface area (Å²) in [5, 5.41) is 3.25. The van der Waals surface area contributed by atoms with Gasteiger partial charge in [-0.15, -0.1) is 0 Å². The van der Waals surface area contributed by atoms with E-state index in [2.05, 4.69) is 5.32 Å². The molecule has 0 fully saturated rings. The van der Waals surface area contributed by atoms with Crippen LogP contribution in [-0.4, -0.2) is 11.7 Å². The molecule has 3 aromatic rings. The number of amides is 1. The first kappa shape index (κ1) is 17.7. The molecule has 0 bridgehead atoms. The first-order chi connectivity index (χ1) is 12.5. The fourth-order valence-electron chi connectivity index (χ4n) is 2.46. The van der Waals surface area contributed by atoms with Crippen molar-refractivity contribution < 1.29 is 14.0 Å². The number of nitrogens with one attached hydrogen (secondary N) is 1. The number of carbonyl (C=O) groups excluding carboxylic acids is 2. The van der Waals surface area contributed by atoms with Gasteiger partial charge in [0.2, 0.25) is 5.91 Å². The zero-order valence-electron chi connectivity index (χ0n) is 14.0. The van der Waals surface area contributed by atoms with E-state index in [9.17, 15) is 9.59 Å². The van der Waals surface area contributed by atoms with E-state index in [0.717, 1.165) is 5.56 Å². The number of hydrogen-bond acceptors (Lipinski definition) is 3. The molecule has 1 N–H and O–H groups in total.